The number of carboxylic acid groups (broad SMARTS) is 1. The van der Waals surface area contributed by atoms with Gasteiger partial charge in [-0.3, -0.25) is 14.9 Å². The number of nitrogens with one attached hydrogen (secondary N) is 3. The average molecular weight is 685 g/mol. The molecular formula is C40H56N6O4. The summed E-state index contributed by atoms with van der Waals surface area (Å²) in [4.78, 5) is 43.2. The van der Waals surface area contributed by atoms with Crippen LogP contribution >= 0.6 is 0 Å². The topological polar surface area (TPSA) is 117 Å². The number of nitrogens with zero attached hydrogens (tertiary/aromatic N) is 3. The van der Waals surface area contributed by atoms with Crippen molar-refractivity contribution in [2.45, 2.75) is 57.3 Å². The summed E-state index contributed by atoms with van der Waals surface area (Å²) in [6, 6.07) is 23.6. The molecule has 0 radical (unpaired) electrons. The number of amides is 3. The molecule has 10 heteroatoms. The van der Waals surface area contributed by atoms with Crippen LogP contribution in [0.1, 0.15) is 73.2 Å². The molecule has 3 amide bonds. The highest BCUT2D eigenvalue weighted by Gasteiger charge is 2.25. The Morgan fingerprint density at radius 2 is 1.52 bits per heavy atom. The fourth-order valence-electron chi connectivity index (χ4n) is 6.60. The van der Waals surface area contributed by atoms with Gasteiger partial charge in [0, 0.05) is 63.5 Å². The van der Waals surface area contributed by atoms with Gasteiger partial charge < -0.3 is 30.4 Å². The molecule has 4 rings (SSSR count). The van der Waals surface area contributed by atoms with E-state index in [0.29, 0.717) is 24.2 Å². The Morgan fingerprint density at radius 1 is 0.800 bits per heavy atom. The van der Waals surface area contributed by atoms with Gasteiger partial charge in [0.2, 0.25) is 5.91 Å². The Bertz CT molecular complexity index is 1490. The minimum atomic E-state index is -1.05. The zero-order valence-electron chi connectivity index (χ0n) is 30.1. The highest BCUT2D eigenvalue weighted by Crippen LogP contribution is 2.39. The van der Waals surface area contributed by atoms with Gasteiger partial charge in [-0.05, 0) is 107 Å². The summed E-state index contributed by atoms with van der Waals surface area (Å²) in [6.07, 6.45) is 6.21. The third-order valence-electron chi connectivity index (χ3n) is 9.66. The third-order valence-corrected chi connectivity index (χ3v) is 9.66. The molecule has 1 fully saturated rings. The summed E-state index contributed by atoms with van der Waals surface area (Å²) in [7, 11) is 5.69. The first-order valence-corrected chi connectivity index (χ1v) is 18.2. The Hall–Kier alpha value is -4.41. The summed E-state index contributed by atoms with van der Waals surface area (Å²) < 4.78 is 0. The van der Waals surface area contributed by atoms with Crippen molar-refractivity contribution in [3.8, 4) is 11.1 Å². The van der Waals surface area contributed by atoms with Crippen LogP contribution in [-0.4, -0.2) is 105 Å². The molecule has 270 valence electrons. The number of piperidine rings is 1. The van der Waals surface area contributed by atoms with E-state index < -0.39 is 6.09 Å². The van der Waals surface area contributed by atoms with Crippen molar-refractivity contribution < 1.29 is 19.5 Å². The van der Waals surface area contributed by atoms with Gasteiger partial charge in [0.05, 0.1) is 5.69 Å². The SMILES string of the molecule is CNCCCCN(C)C(=O)c1ccc(NCCCCCC(=O)N(C)CCN2CCC(c3cccc(-c4ccccc4)c3NC(=O)O)CC2)cc1. The van der Waals surface area contributed by atoms with E-state index in [1.54, 1.807) is 4.90 Å². The van der Waals surface area contributed by atoms with E-state index >= 15 is 0 Å². The number of carbonyl (C=O) groups excluding carboxylic acids is 2. The Labute approximate surface area is 298 Å². The van der Waals surface area contributed by atoms with Gasteiger partial charge in [0.15, 0.2) is 0 Å². The van der Waals surface area contributed by atoms with E-state index in [1.165, 1.54) is 0 Å². The smallest absolute Gasteiger partial charge is 0.409 e. The zero-order chi connectivity index (χ0) is 35.7. The van der Waals surface area contributed by atoms with Crippen molar-refractivity contribution in [3.63, 3.8) is 0 Å². The van der Waals surface area contributed by atoms with Crippen molar-refractivity contribution in [1.82, 2.24) is 20.0 Å². The van der Waals surface area contributed by atoms with E-state index in [4.69, 9.17) is 0 Å². The molecule has 0 spiro atoms. The molecule has 0 unspecified atom stereocenters. The summed E-state index contributed by atoms with van der Waals surface area (Å²) >= 11 is 0. The van der Waals surface area contributed by atoms with Gasteiger partial charge in [-0.15, -0.1) is 0 Å². The van der Waals surface area contributed by atoms with Crippen LogP contribution in [0, 0.1) is 0 Å². The van der Waals surface area contributed by atoms with Crippen LogP contribution in [0.15, 0.2) is 72.8 Å². The molecule has 1 aliphatic heterocycles. The lowest BCUT2D eigenvalue weighted by atomic mass is 9.86. The van der Waals surface area contributed by atoms with Crippen molar-refractivity contribution >= 4 is 29.3 Å². The lowest BCUT2D eigenvalue weighted by molar-refractivity contribution is -0.130. The van der Waals surface area contributed by atoms with Crippen LogP contribution in [0.5, 0.6) is 0 Å². The predicted molar refractivity (Wildman–Crippen MR) is 203 cm³/mol. The molecule has 0 aromatic heterocycles. The first-order chi connectivity index (χ1) is 24.3. The van der Waals surface area contributed by atoms with Gasteiger partial charge in [0.25, 0.3) is 5.91 Å². The van der Waals surface area contributed by atoms with Crippen LogP contribution in [-0.2, 0) is 4.79 Å². The second-order valence-corrected chi connectivity index (χ2v) is 13.3. The molecule has 3 aromatic rings. The monoisotopic (exact) mass is 684 g/mol. The number of para-hydroxylation sites is 1. The summed E-state index contributed by atoms with van der Waals surface area (Å²) in [5.74, 6) is 0.499. The Kier molecular flexibility index (Phi) is 15.6. The number of benzene rings is 3. The number of hydrogen-bond donors (Lipinski definition) is 4. The fraction of sp³-hybridized carbons (Fsp3) is 0.475. The molecule has 0 saturated carbocycles. The molecule has 1 heterocycles. The fourth-order valence-corrected chi connectivity index (χ4v) is 6.60. The minimum Gasteiger partial charge on any atom is -0.465 e. The van der Waals surface area contributed by atoms with E-state index in [-0.39, 0.29) is 17.7 Å². The predicted octanol–water partition coefficient (Wildman–Crippen LogP) is 6.83. The summed E-state index contributed by atoms with van der Waals surface area (Å²) in [6.45, 7) is 5.89. The normalized spacial score (nSPS) is 13.5. The molecule has 0 bridgehead atoms. The van der Waals surface area contributed by atoms with Gasteiger partial charge in [-0.1, -0.05) is 55.0 Å². The van der Waals surface area contributed by atoms with Gasteiger partial charge >= 0.3 is 6.09 Å². The first kappa shape index (κ1) is 38.4. The van der Waals surface area contributed by atoms with Crippen LogP contribution < -0.4 is 16.0 Å². The summed E-state index contributed by atoms with van der Waals surface area (Å²) in [5, 5.41) is 18.9. The number of hydrogen-bond acceptors (Lipinski definition) is 6. The molecular weight excluding hydrogens is 628 g/mol. The Balaban J connectivity index is 1.11. The van der Waals surface area contributed by atoms with Crippen molar-refractivity contribution in [2.24, 2.45) is 0 Å². The van der Waals surface area contributed by atoms with Crippen LogP contribution in [0.4, 0.5) is 16.2 Å². The molecule has 50 heavy (non-hydrogen) atoms. The van der Waals surface area contributed by atoms with E-state index in [0.717, 1.165) is 107 Å². The second kappa shape index (κ2) is 20.3. The van der Waals surface area contributed by atoms with Gasteiger partial charge in [-0.25, -0.2) is 4.79 Å². The standard InChI is InChI=1S/C40H56N6O4/c1-41-24-10-11-26-45(3)39(48)33-18-20-34(21-19-33)42-25-9-5-8-17-37(47)44(2)29-30-46-27-22-32(23-28-46)36-16-12-15-35(38(36)43-40(49)50)31-13-6-4-7-14-31/h4,6-7,12-16,18-21,32,41-43H,5,8-11,17,22-30H2,1-3H3,(H,49,50). The average Bonchev–Trinajstić information content (AvgIpc) is 3.14. The first-order valence-electron chi connectivity index (χ1n) is 18.2. The van der Waals surface area contributed by atoms with Crippen molar-refractivity contribution in [3.05, 3.63) is 83.9 Å². The molecule has 1 aliphatic rings. The number of likely N-dealkylation sites (tertiary alicyclic amines) is 1. The van der Waals surface area contributed by atoms with Crippen LogP contribution in [0.2, 0.25) is 0 Å². The van der Waals surface area contributed by atoms with Crippen molar-refractivity contribution in [1.29, 1.82) is 0 Å². The van der Waals surface area contributed by atoms with Gasteiger partial charge in [-0.2, -0.15) is 0 Å². The molecule has 1 saturated heterocycles. The van der Waals surface area contributed by atoms with Crippen molar-refractivity contribution in [2.75, 3.05) is 77.6 Å². The number of anilines is 2. The maximum atomic E-state index is 12.8. The Morgan fingerprint density at radius 3 is 2.22 bits per heavy atom. The minimum absolute atomic E-state index is 0.0481. The van der Waals surface area contributed by atoms with Crippen LogP contribution in [0.3, 0.4) is 0 Å². The maximum Gasteiger partial charge on any atom is 0.409 e. The largest absolute Gasteiger partial charge is 0.465 e. The highest BCUT2D eigenvalue weighted by molar-refractivity contribution is 5.94. The van der Waals surface area contributed by atoms with E-state index in [1.807, 2.05) is 92.8 Å². The van der Waals surface area contributed by atoms with E-state index in [9.17, 15) is 19.5 Å². The quantitative estimate of drug-likeness (QED) is 0.102. The number of carbonyl (C=O) groups is 3. The van der Waals surface area contributed by atoms with Gasteiger partial charge in [0.1, 0.15) is 0 Å². The number of likely N-dealkylation sites (N-methyl/N-ethyl adjacent to an activating group) is 1. The van der Waals surface area contributed by atoms with Crippen LogP contribution in [0.25, 0.3) is 11.1 Å². The molecule has 0 aliphatic carbocycles. The zero-order valence-corrected chi connectivity index (χ0v) is 30.1. The lowest BCUT2D eigenvalue weighted by Crippen LogP contribution is -2.40. The van der Waals surface area contributed by atoms with E-state index in [2.05, 4.69) is 26.9 Å². The molecule has 4 N–H and O–H groups in total. The number of unbranched alkanes of at least 4 members (excludes halogenated alkanes) is 3. The molecule has 0 atom stereocenters. The lowest BCUT2D eigenvalue weighted by Gasteiger charge is -2.34. The highest BCUT2D eigenvalue weighted by atomic mass is 16.4. The summed E-state index contributed by atoms with van der Waals surface area (Å²) in [5.41, 5.74) is 5.33. The second-order valence-electron chi connectivity index (χ2n) is 13.3. The molecule has 10 nitrogen and oxygen atoms in total. The number of rotatable bonds is 19. The third kappa shape index (κ3) is 11.9. The maximum absolute atomic E-state index is 12.8. The molecule has 3 aromatic carbocycles.